The molecule has 0 saturated heterocycles. The molecular weight excluding hydrogens is 301 g/mol. The van der Waals surface area contributed by atoms with E-state index in [2.05, 4.69) is 14.7 Å². The third-order valence-corrected chi connectivity index (χ3v) is 4.26. The number of benzene rings is 1. The Morgan fingerprint density at radius 1 is 1.37 bits per heavy atom. The van der Waals surface area contributed by atoms with E-state index in [1.807, 2.05) is 24.6 Å². The lowest BCUT2D eigenvalue weighted by atomic mass is 10.3. The normalized spacial score (nSPS) is 11.1. The Balaban J connectivity index is 1.87. The number of fused-ring (bicyclic) bond motifs is 1. The van der Waals surface area contributed by atoms with Gasteiger partial charge in [0, 0.05) is 16.6 Å². The highest BCUT2D eigenvalue weighted by Gasteiger charge is 2.10. The van der Waals surface area contributed by atoms with Gasteiger partial charge in [-0.05, 0) is 25.1 Å². The van der Waals surface area contributed by atoms with Crippen molar-refractivity contribution in [3.8, 4) is 0 Å². The fourth-order valence-corrected chi connectivity index (χ4v) is 3.10. The van der Waals surface area contributed by atoms with Crippen LogP contribution in [0.4, 0.5) is 5.69 Å². The summed E-state index contributed by atoms with van der Waals surface area (Å²) >= 11 is 13.7. The second-order valence-electron chi connectivity index (χ2n) is 4.18. The van der Waals surface area contributed by atoms with Crippen molar-refractivity contribution < 1.29 is 0 Å². The molecule has 1 N–H and O–H groups in total. The number of halogens is 2. The molecular formula is C13H11Cl2N3S. The first-order valence-corrected chi connectivity index (χ1v) is 7.38. The third-order valence-electron chi connectivity index (χ3n) is 2.94. The van der Waals surface area contributed by atoms with Crippen LogP contribution in [0.15, 0.2) is 29.8 Å². The number of aryl methyl sites for hydroxylation is 1. The van der Waals surface area contributed by atoms with Crippen LogP contribution in [0.3, 0.4) is 0 Å². The molecule has 0 atom stereocenters. The number of rotatable bonds is 3. The van der Waals surface area contributed by atoms with Crippen molar-refractivity contribution in [2.45, 2.75) is 13.5 Å². The maximum absolute atomic E-state index is 6.13. The van der Waals surface area contributed by atoms with Crippen molar-refractivity contribution in [1.82, 2.24) is 9.38 Å². The maximum Gasteiger partial charge on any atom is 0.194 e. The van der Waals surface area contributed by atoms with Crippen LogP contribution in [0.25, 0.3) is 4.96 Å². The molecule has 0 fully saturated rings. The zero-order valence-electron chi connectivity index (χ0n) is 10.2. The average molecular weight is 312 g/mol. The number of hydrogen-bond acceptors (Lipinski definition) is 3. The van der Waals surface area contributed by atoms with Crippen LogP contribution in [-0.2, 0) is 6.54 Å². The van der Waals surface area contributed by atoms with Crippen LogP contribution in [0.1, 0.15) is 11.4 Å². The van der Waals surface area contributed by atoms with Crippen LogP contribution in [-0.4, -0.2) is 9.38 Å². The summed E-state index contributed by atoms with van der Waals surface area (Å²) in [6.07, 6.45) is 2.02. The fourth-order valence-electron chi connectivity index (χ4n) is 1.97. The molecule has 0 unspecified atom stereocenters. The molecule has 0 radical (unpaired) electrons. The van der Waals surface area contributed by atoms with Gasteiger partial charge >= 0.3 is 0 Å². The molecule has 0 aliphatic heterocycles. The third kappa shape index (κ3) is 2.43. The van der Waals surface area contributed by atoms with E-state index in [0.29, 0.717) is 16.6 Å². The predicted molar refractivity (Wildman–Crippen MR) is 81.6 cm³/mol. The van der Waals surface area contributed by atoms with Crippen LogP contribution in [0.2, 0.25) is 10.0 Å². The Morgan fingerprint density at radius 3 is 3.05 bits per heavy atom. The summed E-state index contributed by atoms with van der Waals surface area (Å²) in [5, 5.41) is 6.66. The number of nitrogens with zero attached hydrogens (tertiary/aromatic N) is 2. The quantitative estimate of drug-likeness (QED) is 0.764. The van der Waals surface area contributed by atoms with Crippen LogP contribution in [0, 0.1) is 6.92 Å². The molecule has 3 nitrogen and oxygen atoms in total. The predicted octanol–water partition coefficient (Wildman–Crippen LogP) is 4.62. The minimum absolute atomic E-state index is 0.657. The summed E-state index contributed by atoms with van der Waals surface area (Å²) in [6, 6.07) is 5.39. The highest BCUT2D eigenvalue weighted by Crippen LogP contribution is 2.26. The first-order valence-electron chi connectivity index (χ1n) is 5.75. The van der Waals surface area contributed by atoms with Gasteiger partial charge in [-0.2, -0.15) is 0 Å². The monoisotopic (exact) mass is 311 g/mol. The van der Waals surface area contributed by atoms with E-state index in [1.54, 1.807) is 23.5 Å². The van der Waals surface area contributed by atoms with E-state index >= 15 is 0 Å². The average Bonchev–Trinajstić information content (AvgIpc) is 2.92. The highest BCUT2D eigenvalue weighted by molar-refractivity contribution is 7.15. The molecule has 3 aromatic rings. The molecule has 0 spiro atoms. The lowest BCUT2D eigenvalue weighted by Gasteiger charge is -2.09. The van der Waals surface area contributed by atoms with E-state index in [1.165, 1.54) is 0 Å². The number of nitrogens with one attached hydrogen (secondary N) is 1. The van der Waals surface area contributed by atoms with Gasteiger partial charge in [0.25, 0.3) is 0 Å². The Morgan fingerprint density at radius 2 is 2.21 bits per heavy atom. The summed E-state index contributed by atoms with van der Waals surface area (Å²) in [7, 11) is 0. The van der Waals surface area contributed by atoms with E-state index in [9.17, 15) is 0 Å². The first-order chi connectivity index (χ1) is 9.15. The van der Waals surface area contributed by atoms with E-state index in [4.69, 9.17) is 23.2 Å². The van der Waals surface area contributed by atoms with Crippen LogP contribution < -0.4 is 5.32 Å². The fraction of sp³-hybridized carbons (Fsp3) is 0.154. The molecule has 2 heterocycles. The van der Waals surface area contributed by atoms with Crippen molar-refractivity contribution in [3.63, 3.8) is 0 Å². The Labute approximate surface area is 124 Å². The molecule has 98 valence electrons. The van der Waals surface area contributed by atoms with Gasteiger partial charge in [0.15, 0.2) is 4.96 Å². The van der Waals surface area contributed by atoms with Crippen molar-refractivity contribution >= 4 is 45.2 Å². The van der Waals surface area contributed by atoms with Crippen LogP contribution in [0.5, 0.6) is 0 Å². The number of thiazole rings is 1. The van der Waals surface area contributed by atoms with Gasteiger partial charge in [-0.3, -0.25) is 4.40 Å². The second kappa shape index (κ2) is 5.04. The van der Waals surface area contributed by atoms with E-state index in [0.717, 1.165) is 22.0 Å². The minimum Gasteiger partial charge on any atom is -0.378 e. The first kappa shape index (κ1) is 12.8. The number of imidazole rings is 1. The second-order valence-corrected chi connectivity index (χ2v) is 5.89. The summed E-state index contributed by atoms with van der Waals surface area (Å²) in [5.74, 6) is 0. The maximum atomic E-state index is 6.13. The highest BCUT2D eigenvalue weighted by atomic mass is 35.5. The van der Waals surface area contributed by atoms with Crippen LogP contribution >= 0.6 is 34.5 Å². The standard InChI is InChI=1S/C13H11Cl2N3S/c1-8-12(18-4-5-19-13(18)17-8)7-16-11-6-9(14)2-3-10(11)15/h2-6,16H,7H2,1H3. The Kier molecular flexibility index (Phi) is 3.39. The number of aromatic nitrogens is 2. The molecule has 6 heteroatoms. The minimum atomic E-state index is 0.657. The Hall–Kier alpha value is -1.23. The summed E-state index contributed by atoms with van der Waals surface area (Å²) in [6.45, 7) is 2.67. The molecule has 1 aromatic carbocycles. The topological polar surface area (TPSA) is 29.3 Å². The zero-order valence-corrected chi connectivity index (χ0v) is 12.5. The molecule has 2 aromatic heterocycles. The summed E-state index contributed by atoms with van der Waals surface area (Å²) < 4.78 is 2.09. The largest absolute Gasteiger partial charge is 0.378 e. The van der Waals surface area contributed by atoms with Gasteiger partial charge in [0.1, 0.15) is 0 Å². The van der Waals surface area contributed by atoms with Crippen molar-refractivity contribution in [1.29, 1.82) is 0 Å². The van der Waals surface area contributed by atoms with Gasteiger partial charge in [0.05, 0.1) is 28.6 Å². The zero-order chi connectivity index (χ0) is 13.4. The molecule has 0 amide bonds. The lowest BCUT2D eigenvalue weighted by Crippen LogP contribution is -2.03. The number of hydrogen-bond donors (Lipinski definition) is 1. The van der Waals surface area contributed by atoms with Crippen molar-refractivity contribution in [2.24, 2.45) is 0 Å². The smallest absolute Gasteiger partial charge is 0.194 e. The van der Waals surface area contributed by atoms with Gasteiger partial charge < -0.3 is 5.32 Å². The van der Waals surface area contributed by atoms with Gasteiger partial charge in [-0.1, -0.05) is 23.2 Å². The van der Waals surface area contributed by atoms with Gasteiger partial charge in [-0.25, -0.2) is 4.98 Å². The number of anilines is 1. The van der Waals surface area contributed by atoms with E-state index in [-0.39, 0.29) is 0 Å². The van der Waals surface area contributed by atoms with E-state index < -0.39 is 0 Å². The van der Waals surface area contributed by atoms with Crippen molar-refractivity contribution in [2.75, 3.05) is 5.32 Å². The van der Waals surface area contributed by atoms with Gasteiger partial charge in [0.2, 0.25) is 0 Å². The van der Waals surface area contributed by atoms with Gasteiger partial charge in [-0.15, -0.1) is 11.3 Å². The molecule has 0 saturated carbocycles. The Bertz CT molecular complexity index is 733. The molecule has 0 bridgehead atoms. The lowest BCUT2D eigenvalue weighted by molar-refractivity contribution is 0.995. The van der Waals surface area contributed by atoms with Crippen molar-refractivity contribution in [3.05, 3.63) is 51.2 Å². The summed E-state index contributed by atoms with van der Waals surface area (Å²) in [5.41, 5.74) is 2.99. The SMILES string of the molecule is Cc1nc2sccn2c1CNc1cc(Cl)ccc1Cl. The molecule has 3 rings (SSSR count). The molecule has 19 heavy (non-hydrogen) atoms. The molecule has 0 aliphatic carbocycles. The summed E-state index contributed by atoms with van der Waals surface area (Å²) in [4.78, 5) is 5.51. The molecule has 0 aliphatic rings.